The van der Waals surface area contributed by atoms with Gasteiger partial charge in [-0.3, -0.25) is 9.20 Å². The summed E-state index contributed by atoms with van der Waals surface area (Å²) in [6.45, 7) is 1.87. The van der Waals surface area contributed by atoms with Crippen LogP contribution >= 0.6 is 22.9 Å². The van der Waals surface area contributed by atoms with Gasteiger partial charge in [0.2, 0.25) is 5.78 Å². The molecule has 22 heavy (non-hydrogen) atoms. The Kier molecular flexibility index (Phi) is 3.03. The quantitative estimate of drug-likeness (QED) is 0.498. The molecule has 0 spiro atoms. The van der Waals surface area contributed by atoms with Gasteiger partial charge in [0.1, 0.15) is 5.69 Å². The summed E-state index contributed by atoms with van der Waals surface area (Å²) < 4.78 is 3.07. The topological polar surface area (TPSA) is 34.4 Å². The molecule has 4 aromatic rings. The number of carbonyl (C=O) groups is 1. The number of benzene rings is 2. The molecule has 0 bridgehead atoms. The molecule has 3 nitrogen and oxygen atoms in total. The smallest absolute Gasteiger partial charge is 0.211 e. The molecule has 0 N–H and O–H groups in total. The molecule has 0 aliphatic rings. The monoisotopic (exact) mass is 326 g/mol. The Morgan fingerprint density at radius 2 is 1.86 bits per heavy atom. The van der Waals surface area contributed by atoms with Gasteiger partial charge < -0.3 is 0 Å². The molecule has 0 atom stereocenters. The molecule has 5 heteroatoms. The molecule has 4 rings (SSSR count). The third-order valence-corrected chi connectivity index (χ3v) is 4.92. The second-order valence-electron chi connectivity index (χ2n) is 5.07. The highest BCUT2D eigenvalue weighted by atomic mass is 35.5. The summed E-state index contributed by atoms with van der Waals surface area (Å²) in [5.74, 6) is -0.0368. The first kappa shape index (κ1) is 13.5. The molecular weight excluding hydrogens is 316 g/mol. The molecule has 0 radical (unpaired) electrons. The number of thiazole rings is 1. The number of hydrogen-bond donors (Lipinski definition) is 0. The van der Waals surface area contributed by atoms with E-state index in [9.17, 15) is 4.79 Å². The molecule has 2 aromatic carbocycles. The second kappa shape index (κ2) is 4.93. The van der Waals surface area contributed by atoms with Gasteiger partial charge >= 0.3 is 0 Å². The maximum absolute atomic E-state index is 12.9. The van der Waals surface area contributed by atoms with Crippen LogP contribution in [0, 0.1) is 6.92 Å². The summed E-state index contributed by atoms with van der Waals surface area (Å²) in [5, 5.41) is 0.618. The second-order valence-corrected chi connectivity index (χ2v) is 6.52. The standard InChI is InChI=1S/C17H11ClN2OS/c1-10-15(16(21)11-6-8-12(18)9-7-11)20-13-4-2-3-5-14(13)22-17(20)19-10/h2-9H,1H3. The van der Waals surface area contributed by atoms with Gasteiger partial charge in [0.25, 0.3) is 0 Å². The van der Waals surface area contributed by atoms with Crippen molar-refractivity contribution < 1.29 is 4.79 Å². The Bertz CT molecular complexity index is 1010. The molecule has 0 saturated heterocycles. The minimum Gasteiger partial charge on any atom is -0.287 e. The zero-order valence-electron chi connectivity index (χ0n) is 11.7. The minimum absolute atomic E-state index is 0.0368. The van der Waals surface area contributed by atoms with Crippen molar-refractivity contribution in [1.82, 2.24) is 9.38 Å². The van der Waals surface area contributed by atoms with Gasteiger partial charge in [0, 0.05) is 10.6 Å². The average molecular weight is 327 g/mol. The Morgan fingerprint density at radius 1 is 1.14 bits per heavy atom. The summed E-state index contributed by atoms with van der Waals surface area (Å²) in [6.07, 6.45) is 0. The number of imidazole rings is 1. The Balaban J connectivity index is 1.99. The van der Waals surface area contributed by atoms with Crippen LogP contribution in [-0.2, 0) is 0 Å². The average Bonchev–Trinajstić information content (AvgIpc) is 3.01. The van der Waals surface area contributed by atoms with Crippen LogP contribution in [0.3, 0.4) is 0 Å². The summed E-state index contributed by atoms with van der Waals surface area (Å²) in [6, 6.07) is 15.0. The first-order valence-electron chi connectivity index (χ1n) is 6.82. The van der Waals surface area contributed by atoms with E-state index in [1.807, 2.05) is 35.6 Å². The van der Waals surface area contributed by atoms with Crippen molar-refractivity contribution in [3.63, 3.8) is 0 Å². The van der Waals surface area contributed by atoms with Crippen LogP contribution in [0.5, 0.6) is 0 Å². The number of aryl methyl sites for hydroxylation is 1. The fourth-order valence-corrected chi connectivity index (χ4v) is 3.82. The number of carbonyl (C=O) groups excluding carboxylic acids is 1. The lowest BCUT2D eigenvalue weighted by Gasteiger charge is -2.03. The summed E-state index contributed by atoms with van der Waals surface area (Å²) in [7, 11) is 0. The molecule has 0 unspecified atom stereocenters. The van der Waals surface area contributed by atoms with Crippen LogP contribution in [0.2, 0.25) is 5.02 Å². The van der Waals surface area contributed by atoms with Crippen LogP contribution < -0.4 is 0 Å². The summed E-state index contributed by atoms with van der Waals surface area (Å²) >= 11 is 7.49. The number of fused-ring (bicyclic) bond motifs is 3. The van der Waals surface area contributed by atoms with Crippen molar-refractivity contribution in [1.29, 1.82) is 0 Å². The van der Waals surface area contributed by atoms with Crippen LogP contribution in [0.15, 0.2) is 48.5 Å². The molecule has 0 aliphatic carbocycles. The maximum atomic E-state index is 12.9. The molecule has 0 amide bonds. The van der Waals surface area contributed by atoms with Gasteiger partial charge in [0.05, 0.1) is 15.9 Å². The largest absolute Gasteiger partial charge is 0.287 e. The maximum Gasteiger partial charge on any atom is 0.211 e. The summed E-state index contributed by atoms with van der Waals surface area (Å²) in [5.41, 5.74) is 3.00. The van der Waals surface area contributed by atoms with Crippen molar-refractivity contribution in [3.05, 3.63) is 70.5 Å². The lowest BCUT2D eigenvalue weighted by atomic mass is 10.1. The Morgan fingerprint density at radius 3 is 2.64 bits per heavy atom. The number of rotatable bonds is 2. The van der Waals surface area contributed by atoms with Gasteiger partial charge in [-0.2, -0.15) is 0 Å². The molecule has 0 aliphatic heterocycles. The molecule has 0 fully saturated rings. The molecule has 2 aromatic heterocycles. The van der Waals surface area contributed by atoms with E-state index in [2.05, 4.69) is 4.98 Å². The van der Waals surface area contributed by atoms with Gasteiger partial charge in [-0.05, 0) is 43.3 Å². The van der Waals surface area contributed by atoms with Crippen LogP contribution in [0.25, 0.3) is 15.2 Å². The zero-order chi connectivity index (χ0) is 15.3. The van der Waals surface area contributed by atoms with E-state index in [1.54, 1.807) is 35.6 Å². The first-order chi connectivity index (χ1) is 10.6. The van der Waals surface area contributed by atoms with E-state index in [-0.39, 0.29) is 5.78 Å². The Labute approximate surface area is 135 Å². The molecular formula is C17H11ClN2OS. The lowest BCUT2D eigenvalue weighted by Crippen LogP contribution is -2.06. The van der Waals surface area contributed by atoms with Gasteiger partial charge in [-0.25, -0.2) is 4.98 Å². The number of nitrogens with zero attached hydrogens (tertiary/aromatic N) is 2. The Hall–Kier alpha value is -2.17. The van der Waals surface area contributed by atoms with E-state index in [1.165, 1.54) is 0 Å². The third kappa shape index (κ3) is 1.95. The molecule has 2 heterocycles. The van der Waals surface area contributed by atoms with Crippen LogP contribution in [0.1, 0.15) is 21.7 Å². The SMILES string of the molecule is Cc1nc2sc3ccccc3n2c1C(=O)c1ccc(Cl)cc1. The van der Waals surface area contributed by atoms with Crippen molar-refractivity contribution >= 4 is 43.9 Å². The third-order valence-electron chi connectivity index (χ3n) is 3.65. The van der Waals surface area contributed by atoms with E-state index < -0.39 is 0 Å². The summed E-state index contributed by atoms with van der Waals surface area (Å²) in [4.78, 5) is 18.3. The van der Waals surface area contributed by atoms with Gasteiger partial charge in [-0.1, -0.05) is 35.1 Å². The minimum atomic E-state index is -0.0368. The number of hydrogen-bond acceptors (Lipinski definition) is 3. The van der Waals surface area contributed by atoms with Crippen molar-refractivity contribution in [2.75, 3.05) is 0 Å². The lowest BCUT2D eigenvalue weighted by molar-refractivity contribution is 0.103. The van der Waals surface area contributed by atoms with Gasteiger partial charge in [0.15, 0.2) is 4.96 Å². The molecule has 108 valence electrons. The highest BCUT2D eigenvalue weighted by Gasteiger charge is 2.21. The first-order valence-corrected chi connectivity index (χ1v) is 8.01. The van der Waals surface area contributed by atoms with E-state index in [0.29, 0.717) is 16.3 Å². The zero-order valence-corrected chi connectivity index (χ0v) is 13.3. The fraction of sp³-hybridized carbons (Fsp3) is 0.0588. The number of para-hydroxylation sites is 1. The normalized spacial score (nSPS) is 11.4. The highest BCUT2D eigenvalue weighted by Crippen LogP contribution is 2.29. The molecule has 0 saturated carbocycles. The predicted octanol–water partition coefficient (Wildman–Crippen LogP) is 4.74. The number of aromatic nitrogens is 2. The fourth-order valence-electron chi connectivity index (χ4n) is 2.63. The van der Waals surface area contributed by atoms with E-state index >= 15 is 0 Å². The van der Waals surface area contributed by atoms with Crippen molar-refractivity contribution in [2.45, 2.75) is 6.92 Å². The van der Waals surface area contributed by atoms with Crippen LogP contribution in [0.4, 0.5) is 0 Å². The number of halogens is 1. The highest BCUT2D eigenvalue weighted by molar-refractivity contribution is 7.23. The van der Waals surface area contributed by atoms with Crippen molar-refractivity contribution in [2.24, 2.45) is 0 Å². The van der Waals surface area contributed by atoms with Gasteiger partial charge in [-0.15, -0.1) is 0 Å². The van der Waals surface area contributed by atoms with E-state index in [4.69, 9.17) is 11.6 Å². The van der Waals surface area contributed by atoms with E-state index in [0.717, 1.165) is 20.9 Å². The van der Waals surface area contributed by atoms with Crippen molar-refractivity contribution in [3.8, 4) is 0 Å². The predicted molar refractivity (Wildman–Crippen MR) is 90.2 cm³/mol. The number of ketones is 1. The van der Waals surface area contributed by atoms with Crippen LogP contribution in [-0.4, -0.2) is 15.2 Å².